The lowest BCUT2D eigenvalue weighted by atomic mass is 10.3. The van der Waals surface area contributed by atoms with Crippen LogP contribution in [0.3, 0.4) is 0 Å². The van der Waals surface area contributed by atoms with Crippen LogP contribution in [-0.4, -0.2) is 15.7 Å². The van der Waals surface area contributed by atoms with Crippen LogP contribution in [0.5, 0.6) is 0 Å². The third kappa shape index (κ3) is 3.32. The van der Waals surface area contributed by atoms with Crippen molar-refractivity contribution < 1.29 is 9.21 Å². The van der Waals surface area contributed by atoms with Gasteiger partial charge in [-0.15, -0.1) is 11.3 Å². The number of rotatable bonds is 5. The lowest BCUT2D eigenvalue weighted by Gasteiger charge is -2.06. The highest BCUT2D eigenvalue weighted by Crippen LogP contribution is 2.20. The zero-order chi connectivity index (χ0) is 15.4. The van der Waals surface area contributed by atoms with Gasteiger partial charge < -0.3 is 9.73 Å². The first-order valence-corrected chi connectivity index (χ1v) is 7.51. The van der Waals surface area contributed by atoms with E-state index in [4.69, 9.17) is 4.42 Å². The molecule has 0 bridgehead atoms. The summed E-state index contributed by atoms with van der Waals surface area (Å²) in [5.41, 5.74) is 0.363. The fraction of sp³-hybridized carbons (Fsp3) is 0.133. The molecule has 0 atom stereocenters. The van der Waals surface area contributed by atoms with Crippen LogP contribution in [0.15, 0.2) is 57.3 Å². The largest absolute Gasteiger partial charge is 0.467 e. The van der Waals surface area contributed by atoms with Gasteiger partial charge in [0.1, 0.15) is 18.0 Å². The van der Waals surface area contributed by atoms with Gasteiger partial charge in [0.05, 0.1) is 17.7 Å². The zero-order valence-corrected chi connectivity index (χ0v) is 12.4. The van der Waals surface area contributed by atoms with Gasteiger partial charge >= 0.3 is 0 Å². The van der Waals surface area contributed by atoms with Crippen LogP contribution < -0.4 is 10.9 Å². The van der Waals surface area contributed by atoms with Gasteiger partial charge in [-0.2, -0.15) is 5.10 Å². The molecule has 0 unspecified atom stereocenters. The van der Waals surface area contributed by atoms with Gasteiger partial charge in [0.15, 0.2) is 0 Å². The molecule has 0 saturated carbocycles. The molecule has 3 aromatic rings. The van der Waals surface area contributed by atoms with E-state index in [1.165, 1.54) is 23.7 Å². The predicted octanol–water partition coefficient (Wildman–Crippen LogP) is 1.88. The van der Waals surface area contributed by atoms with Crippen molar-refractivity contribution in [2.45, 2.75) is 13.1 Å². The van der Waals surface area contributed by atoms with Gasteiger partial charge in [0.25, 0.3) is 5.56 Å². The van der Waals surface area contributed by atoms with Gasteiger partial charge in [-0.1, -0.05) is 6.07 Å². The first-order chi connectivity index (χ1) is 10.7. The summed E-state index contributed by atoms with van der Waals surface area (Å²) in [5, 5.41) is 8.85. The van der Waals surface area contributed by atoms with E-state index in [9.17, 15) is 9.59 Å². The molecule has 0 aliphatic rings. The Kier molecular flexibility index (Phi) is 4.15. The van der Waals surface area contributed by atoms with Crippen LogP contribution >= 0.6 is 11.3 Å². The topological polar surface area (TPSA) is 77.1 Å². The van der Waals surface area contributed by atoms with E-state index in [1.807, 2.05) is 17.5 Å². The van der Waals surface area contributed by atoms with E-state index in [-0.39, 0.29) is 24.6 Å². The molecule has 3 aromatic heterocycles. The molecule has 0 aliphatic carbocycles. The predicted molar refractivity (Wildman–Crippen MR) is 82.4 cm³/mol. The van der Waals surface area contributed by atoms with Crippen LogP contribution in [0.4, 0.5) is 0 Å². The van der Waals surface area contributed by atoms with Crippen molar-refractivity contribution in [3.63, 3.8) is 0 Å². The first-order valence-electron chi connectivity index (χ1n) is 6.63. The zero-order valence-electron chi connectivity index (χ0n) is 11.6. The maximum absolute atomic E-state index is 11.9. The van der Waals surface area contributed by atoms with Gasteiger partial charge in [-0.05, 0) is 29.6 Å². The molecule has 112 valence electrons. The van der Waals surface area contributed by atoms with Crippen LogP contribution in [0.1, 0.15) is 5.76 Å². The number of aromatic nitrogens is 2. The van der Waals surface area contributed by atoms with E-state index < -0.39 is 0 Å². The average molecular weight is 315 g/mol. The lowest BCUT2D eigenvalue weighted by Crippen LogP contribution is -2.33. The Morgan fingerprint density at radius 1 is 1.27 bits per heavy atom. The van der Waals surface area contributed by atoms with E-state index in [0.29, 0.717) is 11.5 Å². The minimum atomic E-state index is -0.312. The molecule has 0 aliphatic heterocycles. The summed E-state index contributed by atoms with van der Waals surface area (Å²) in [6.07, 6.45) is 1.54. The molecule has 7 heteroatoms. The Bertz CT molecular complexity index is 807. The molecule has 1 N–H and O–H groups in total. The third-order valence-electron chi connectivity index (χ3n) is 2.97. The van der Waals surface area contributed by atoms with Gasteiger partial charge in [0, 0.05) is 6.07 Å². The Morgan fingerprint density at radius 3 is 2.91 bits per heavy atom. The quantitative estimate of drug-likeness (QED) is 0.780. The van der Waals surface area contributed by atoms with Crippen molar-refractivity contribution in [1.29, 1.82) is 0 Å². The second-order valence-electron chi connectivity index (χ2n) is 4.55. The smallest absolute Gasteiger partial charge is 0.267 e. The van der Waals surface area contributed by atoms with Crippen LogP contribution in [-0.2, 0) is 17.9 Å². The molecule has 0 fully saturated rings. The van der Waals surface area contributed by atoms with Crippen molar-refractivity contribution in [2.75, 3.05) is 0 Å². The molecule has 0 spiro atoms. The number of carbonyl (C=O) groups is 1. The summed E-state index contributed by atoms with van der Waals surface area (Å²) < 4.78 is 6.29. The van der Waals surface area contributed by atoms with Crippen molar-refractivity contribution in [1.82, 2.24) is 15.1 Å². The molecule has 3 rings (SSSR count). The molecular weight excluding hydrogens is 302 g/mol. The highest BCUT2D eigenvalue weighted by molar-refractivity contribution is 7.13. The van der Waals surface area contributed by atoms with Crippen molar-refractivity contribution in [3.8, 4) is 10.6 Å². The van der Waals surface area contributed by atoms with Crippen LogP contribution in [0, 0.1) is 0 Å². The molecule has 6 nitrogen and oxygen atoms in total. The van der Waals surface area contributed by atoms with E-state index in [2.05, 4.69) is 10.4 Å². The minimum absolute atomic E-state index is 0.126. The fourth-order valence-electron chi connectivity index (χ4n) is 1.91. The van der Waals surface area contributed by atoms with E-state index >= 15 is 0 Å². The van der Waals surface area contributed by atoms with Crippen molar-refractivity contribution in [3.05, 3.63) is 64.2 Å². The normalized spacial score (nSPS) is 10.5. The molecule has 1 amide bonds. The van der Waals surface area contributed by atoms with Crippen LogP contribution in [0.2, 0.25) is 0 Å². The summed E-state index contributed by atoms with van der Waals surface area (Å²) in [6.45, 7) is 0.157. The second kappa shape index (κ2) is 6.40. The van der Waals surface area contributed by atoms with Crippen molar-refractivity contribution in [2.24, 2.45) is 0 Å². The van der Waals surface area contributed by atoms with Gasteiger partial charge in [0.2, 0.25) is 5.91 Å². The standard InChI is InChI=1S/C15H13N3O3S/c19-14(16-9-11-3-1-7-21-11)10-18-15(20)6-5-12(17-18)13-4-2-8-22-13/h1-8H,9-10H2,(H,16,19). The number of amides is 1. The lowest BCUT2D eigenvalue weighted by molar-refractivity contribution is -0.122. The number of hydrogen-bond donors (Lipinski definition) is 1. The van der Waals surface area contributed by atoms with E-state index in [1.54, 1.807) is 18.2 Å². The number of thiophene rings is 1. The molecule has 22 heavy (non-hydrogen) atoms. The Morgan fingerprint density at radius 2 is 2.18 bits per heavy atom. The Hall–Kier alpha value is -2.67. The molecular formula is C15H13N3O3S. The Labute approximate surface area is 130 Å². The summed E-state index contributed by atoms with van der Waals surface area (Å²) in [4.78, 5) is 24.7. The SMILES string of the molecule is O=C(Cn1nc(-c2cccs2)ccc1=O)NCc1ccco1. The second-order valence-corrected chi connectivity index (χ2v) is 5.50. The molecule has 0 aromatic carbocycles. The number of hydrogen-bond acceptors (Lipinski definition) is 5. The summed E-state index contributed by atoms with van der Waals surface area (Å²) in [7, 11) is 0. The van der Waals surface area contributed by atoms with Gasteiger partial charge in [-0.3, -0.25) is 9.59 Å². The number of nitrogens with zero attached hydrogens (tertiary/aromatic N) is 2. The molecule has 3 heterocycles. The average Bonchev–Trinajstić information content (AvgIpc) is 3.21. The summed E-state index contributed by atoms with van der Waals surface area (Å²) in [6, 6.07) is 10.4. The fourth-order valence-corrected chi connectivity index (χ4v) is 2.60. The highest BCUT2D eigenvalue weighted by Gasteiger charge is 2.08. The summed E-state index contributed by atoms with van der Waals surface area (Å²) >= 11 is 1.53. The summed E-state index contributed by atoms with van der Waals surface area (Å²) in [5.74, 6) is 0.357. The minimum Gasteiger partial charge on any atom is -0.467 e. The molecule has 0 radical (unpaired) electrons. The molecule has 0 saturated heterocycles. The monoisotopic (exact) mass is 315 g/mol. The van der Waals surface area contributed by atoms with E-state index in [0.717, 1.165) is 9.56 Å². The van der Waals surface area contributed by atoms with Crippen LogP contribution in [0.25, 0.3) is 10.6 Å². The Balaban J connectivity index is 1.70. The van der Waals surface area contributed by atoms with Crippen molar-refractivity contribution >= 4 is 17.2 Å². The third-order valence-corrected chi connectivity index (χ3v) is 3.87. The number of carbonyl (C=O) groups excluding carboxylic acids is 1. The number of nitrogens with one attached hydrogen (secondary N) is 1. The number of furan rings is 1. The first kappa shape index (κ1) is 14.3. The maximum Gasteiger partial charge on any atom is 0.267 e. The highest BCUT2D eigenvalue weighted by atomic mass is 32.1. The maximum atomic E-state index is 11.9. The van der Waals surface area contributed by atoms with Gasteiger partial charge in [-0.25, -0.2) is 4.68 Å².